The molecule has 1 saturated heterocycles. The number of hydrogen-bond donors (Lipinski definition) is 1. The molecule has 1 N–H and O–H groups in total. The fraction of sp³-hybridized carbons (Fsp3) is 0.933. The molecule has 0 atom stereocenters. The molecule has 0 aromatic heterocycles. The van der Waals surface area contributed by atoms with E-state index in [9.17, 15) is 0 Å². The molecule has 1 saturated carbocycles. The van der Waals surface area contributed by atoms with Crippen molar-refractivity contribution in [3.8, 4) is 0 Å². The summed E-state index contributed by atoms with van der Waals surface area (Å²) in [7, 11) is 0. The minimum absolute atomic E-state index is 0.370. The first-order valence-electron chi connectivity index (χ1n) is 7.77. The largest absolute Gasteiger partial charge is 0.381 e. The van der Waals surface area contributed by atoms with Crippen molar-refractivity contribution in [1.82, 2.24) is 5.32 Å². The van der Waals surface area contributed by atoms with Gasteiger partial charge < -0.3 is 10.1 Å². The molecule has 0 unspecified atom stereocenters. The number of thioether (sulfide) groups is 1. The van der Waals surface area contributed by atoms with E-state index < -0.39 is 0 Å². The molecule has 0 aromatic carbocycles. The predicted molar refractivity (Wildman–Crippen MR) is 84.0 cm³/mol. The lowest BCUT2D eigenvalue weighted by molar-refractivity contribution is 0.134. The number of nitrogens with zero attached hydrogens (tertiary/aromatic N) is 1. The highest BCUT2D eigenvalue weighted by atomic mass is 32.2. The second-order valence-electron chi connectivity index (χ2n) is 6.03. The van der Waals surface area contributed by atoms with Crippen molar-refractivity contribution in [3.05, 3.63) is 0 Å². The molecule has 1 heterocycles. The fourth-order valence-electron chi connectivity index (χ4n) is 2.77. The number of ether oxygens (including phenoxy) is 1. The molecule has 2 rings (SSSR count). The normalized spacial score (nSPS) is 32.9. The van der Waals surface area contributed by atoms with E-state index in [0.29, 0.717) is 5.54 Å². The Bertz CT molecular complexity index is 299. The topological polar surface area (TPSA) is 33.6 Å². The highest BCUT2D eigenvalue weighted by Crippen LogP contribution is 2.38. The molecular formula is C15H28N2OS. The van der Waals surface area contributed by atoms with Crippen molar-refractivity contribution in [2.24, 2.45) is 10.9 Å². The maximum absolute atomic E-state index is 5.47. The van der Waals surface area contributed by atoms with Crippen molar-refractivity contribution in [2.75, 3.05) is 25.5 Å². The average molecular weight is 284 g/mol. The minimum atomic E-state index is 0.370. The number of nitrogens with one attached hydrogen (secondary N) is 1. The van der Waals surface area contributed by atoms with Crippen molar-refractivity contribution in [2.45, 2.75) is 57.9 Å². The fourth-order valence-corrected chi connectivity index (χ4v) is 4.01. The summed E-state index contributed by atoms with van der Waals surface area (Å²) >= 11 is 1.92. The van der Waals surface area contributed by atoms with E-state index in [0.717, 1.165) is 38.5 Å². The van der Waals surface area contributed by atoms with Crippen LogP contribution in [0.1, 0.15) is 52.4 Å². The summed E-state index contributed by atoms with van der Waals surface area (Å²) in [6.45, 7) is 7.14. The molecule has 2 aliphatic rings. The first-order chi connectivity index (χ1) is 9.24. The second kappa shape index (κ2) is 7.53. The van der Waals surface area contributed by atoms with Crippen molar-refractivity contribution < 1.29 is 4.74 Å². The summed E-state index contributed by atoms with van der Waals surface area (Å²) in [6.07, 6.45) is 7.51. The molecular weight excluding hydrogens is 256 g/mol. The Kier molecular flexibility index (Phi) is 6.02. The molecule has 19 heavy (non-hydrogen) atoms. The van der Waals surface area contributed by atoms with Crippen molar-refractivity contribution in [1.29, 1.82) is 0 Å². The third-order valence-electron chi connectivity index (χ3n) is 4.14. The molecule has 0 radical (unpaired) electrons. The minimum Gasteiger partial charge on any atom is -0.381 e. The van der Waals surface area contributed by atoms with Gasteiger partial charge in [-0.1, -0.05) is 25.6 Å². The van der Waals surface area contributed by atoms with Crippen LogP contribution in [0.3, 0.4) is 0 Å². The van der Waals surface area contributed by atoms with Crippen LogP contribution >= 0.6 is 11.8 Å². The van der Waals surface area contributed by atoms with E-state index in [1.807, 2.05) is 11.8 Å². The van der Waals surface area contributed by atoms with Crippen molar-refractivity contribution in [3.63, 3.8) is 0 Å². The van der Waals surface area contributed by atoms with Gasteiger partial charge in [0.25, 0.3) is 0 Å². The third kappa shape index (κ3) is 4.67. The molecule has 0 bridgehead atoms. The van der Waals surface area contributed by atoms with Gasteiger partial charge in [-0.15, -0.1) is 0 Å². The van der Waals surface area contributed by atoms with Crippen LogP contribution in [-0.4, -0.2) is 36.2 Å². The zero-order valence-electron chi connectivity index (χ0n) is 12.4. The summed E-state index contributed by atoms with van der Waals surface area (Å²) in [6, 6.07) is 0. The van der Waals surface area contributed by atoms with Gasteiger partial charge in [-0.05, 0) is 44.4 Å². The van der Waals surface area contributed by atoms with Crippen LogP contribution in [-0.2, 0) is 4.74 Å². The lowest BCUT2D eigenvalue weighted by atomic mass is 9.78. The standard InChI is InChI=1S/C15H28N2OS/c1-3-10-18-11-4-9-16-14-17-15(12-19-14)7-5-13(2)6-8-15/h13H,3-12H2,1-2H3,(H,16,17). The Morgan fingerprint density at radius 2 is 2.16 bits per heavy atom. The van der Waals surface area contributed by atoms with Gasteiger partial charge in [-0.2, -0.15) is 0 Å². The zero-order chi connectivity index (χ0) is 13.6. The summed E-state index contributed by atoms with van der Waals surface area (Å²) < 4.78 is 5.47. The van der Waals surface area contributed by atoms with Crippen LogP contribution < -0.4 is 5.32 Å². The van der Waals surface area contributed by atoms with Gasteiger partial charge in [0.2, 0.25) is 0 Å². The zero-order valence-corrected chi connectivity index (χ0v) is 13.2. The highest BCUT2D eigenvalue weighted by Gasteiger charge is 2.39. The Morgan fingerprint density at radius 1 is 1.37 bits per heavy atom. The summed E-state index contributed by atoms with van der Waals surface area (Å²) in [5.74, 6) is 2.12. The molecule has 2 fully saturated rings. The molecule has 1 spiro atoms. The SMILES string of the molecule is CCCOCCCN=C1NC2(CCC(C)CC2)CS1. The van der Waals surface area contributed by atoms with Gasteiger partial charge in [-0.3, -0.25) is 4.99 Å². The average Bonchev–Trinajstić information content (AvgIpc) is 2.81. The summed E-state index contributed by atoms with van der Waals surface area (Å²) in [5, 5.41) is 4.87. The maximum atomic E-state index is 5.47. The molecule has 4 heteroatoms. The predicted octanol–water partition coefficient (Wildman–Crippen LogP) is 3.44. The third-order valence-corrected chi connectivity index (χ3v) is 5.34. The smallest absolute Gasteiger partial charge is 0.157 e. The molecule has 1 aliphatic heterocycles. The Hall–Kier alpha value is -0.220. The van der Waals surface area contributed by atoms with E-state index >= 15 is 0 Å². The molecule has 1 aliphatic carbocycles. The highest BCUT2D eigenvalue weighted by molar-refractivity contribution is 8.14. The van der Waals surface area contributed by atoms with Crippen LogP contribution in [0.4, 0.5) is 0 Å². The number of amidine groups is 1. The second-order valence-corrected chi connectivity index (χ2v) is 6.99. The number of hydrogen-bond acceptors (Lipinski definition) is 3. The van der Waals surface area contributed by atoms with Crippen LogP contribution in [0, 0.1) is 5.92 Å². The van der Waals surface area contributed by atoms with E-state index in [1.54, 1.807) is 0 Å². The first kappa shape index (κ1) is 15.2. The lowest BCUT2D eigenvalue weighted by Crippen LogP contribution is -2.46. The van der Waals surface area contributed by atoms with Gasteiger partial charge >= 0.3 is 0 Å². The quantitative estimate of drug-likeness (QED) is 0.759. The van der Waals surface area contributed by atoms with Crippen LogP contribution in [0.25, 0.3) is 0 Å². The van der Waals surface area contributed by atoms with Gasteiger partial charge in [0.05, 0.1) is 0 Å². The summed E-state index contributed by atoms with van der Waals surface area (Å²) in [4.78, 5) is 4.68. The Labute approximate surface area is 122 Å². The Balaban J connectivity index is 1.66. The van der Waals surface area contributed by atoms with E-state index in [-0.39, 0.29) is 0 Å². The van der Waals surface area contributed by atoms with Gasteiger partial charge in [0, 0.05) is 31.1 Å². The first-order valence-corrected chi connectivity index (χ1v) is 8.76. The molecule has 3 nitrogen and oxygen atoms in total. The van der Waals surface area contributed by atoms with Gasteiger partial charge in [0.15, 0.2) is 5.17 Å². The summed E-state index contributed by atoms with van der Waals surface area (Å²) in [5.41, 5.74) is 0.370. The number of aliphatic imine (C=N–C) groups is 1. The van der Waals surface area contributed by atoms with E-state index in [2.05, 4.69) is 24.2 Å². The number of rotatable bonds is 6. The van der Waals surface area contributed by atoms with Crippen LogP contribution in [0.5, 0.6) is 0 Å². The molecule has 110 valence electrons. The Morgan fingerprint density at radius 3 is 2.89 bits per heavy atom. The maximum Gasteiger partial charge on any atom is 0.157 e. The molecule has 0 aromatic rings. The molecule has 0 amide bonds. The van der Waals surface area contributed by atoms with Crippen molar-refractivity contribution >= 4 is 16.9 Å². The van der Waals surface area contributed by atoms with E-state index in [4.69, 9.17) is 4.74 Å². The van der Waals surface area contributed by atoms with Crippen LogP contribution in [0.2, 0.25) is 0 Å². The lowest BCUT2D eigenvalue weighted by Gasteiger charge is -2.35. The van der Waals surface area contributed by atoms with Gasteiger partial charge in [0.1, 0.15) is 0 Å². The van der Waals surface area contributed by atoms with E-state index in [1.165, 1.54) is 36.6 Å². The monoisotopic (exact) mass is 284 g/mol. The van der Waals surface area contributed by atoms with Crippen LogP contribution in [0.15, 0.2) is 4.99 Å². The van der Waals surface area contributed by atoms with Gasteiger partial charge in [-0.25, -0.2) is 0 Å².